The number of nitrogens with one attached hydrogen (secondary N) is 2. The maximum Gasteiger partial charge on any atom is 0.330 e. The van der Waals surface area contributed by atoms with Crippen LogP contribution in [0.3, 0.4) is 0 Å². The number of carbonyl (C=O) groups is 3. The zero-order valence-corrected chi connectivity index (χ0v) is 25.0. The molecule has 3 N–H and O–H groups in total. The van der Waals surface area contributed by atoms with E-state index in [1.807, 2.05) is 82.3 Å². The quantitative estimate of drug-likeness (QED) is 0.260. The third kappa shape index (κ3) is 5.88. The number of carboxylic acids is 1. The number of benzene rings is 2. The number of fused-ring (bicyclic) bond motifs is 1. The highest BCUT2D eigenvalue weighted by molar-refractivity contribution is 6.07. The number of pyridine rings is 1. The van der Waals surface area contributed by atoms with Crippen molar-refractivity contribution in [3.05, 3.63) is 72.8 Å². The Morgan fingerprint density at radius 3 is 2.51 bits per heavy atom. The fourth-order valence-corrected chi connectivity index (χ4v) is 5.89. The molecule has 1 aliphatic carbocycles. The topological polar surface area (TPSA) is 121 Å². The Kier molecular flexibility index (Phi) is 8.09. The van der Waals surface area contributed by atoms with Gasteiger partial charge in [-0.3, -0.25) is 9.59 Å². The molecule has 1 saturated carbocycles. The van der Waals surface area contributed by atoms with Crippen molar-refractivity contribution in [2.24, 2.45) is 11.3 Å². The molecular formula is C33H37BN4O5. The Bertz CT molecular complexity index is 1570. The van der Waals surface area contributed by atoms with E-state index in [0.717, 1.165) is 27.7 Å². The zero-order chi connectivity index (χ0) is 31.1. The Morgan fingerprint density at radius 2 is 1.91 bits per heavy atom. The van der Waals surface area contributed by atoms with Crippen LogP contribution in [0.1, 0.15) is 39.2 Å². The molecule has 2 heterocycles. The lowest BCUT2D eigenvalue weighted by molar-refractivity contribution is -0.146. The molecule has 1 saturated heterocycles. The summed E-state index contributed by atoms with van der Waals surface area (Å²) in [6, 6.07) is 15.8. The Labute approximate surface area is 253 Å². The van der Waals surface area contributed by atoms with Gasteiger partial charge in [0.1, 0.15) is 23.4 Å². The molecule has 10 heteroatoms. The summed E-state index contributed by atoms with van der Waals surface area (Å²) >= 11 is 0. The average Bonchev–Trinajstić information content (AvgIpc) is 3.52. The van der Waals surface area contributed by atoms with Crippen molar-refractivity contribution in [3.8, 4) is 17.0 Å². The van der Waals surface area contributed by atoms with E-state index in [2.05, 4.69) is 17.1 Å². The molecule has 3 aromatic rings. The summed E-state index contributed by atoms with van der Waals surface area (Å²) in [4.78, 5) is 46.0. The number of amides is 2. The minimum Gasteiger partial charge on any atom is -0.488 e. The number of carboxylic acid groups (broad SMARTS) is 1. The van der Waals surface area contributed by atoms with Crippen LogP contribution in [0.2, 0.25) is 0 Å². The molecule has 2 fully saturated rings. The van der Waals surface area contributed by atoms with Crippen LogP contribution in [0.5, 0.6) is 5.75 Å². The Balaban J connectivity index is 1.49. The first-order valence-electron chi connectivity index (χ1n) is 14.5. The third-order valence-electron chi connectivity index (χ3n) is 8.45. The molecule has 1 aliphatic heterocycles. The van der Waals surface area contributed by atoms with Crippen LogP contribution in [-0.4, -0.2) is 71.0 Å². The van der Waals surface area contributed by atoms with Crippen molar-refractivity contribution in [3.63, 3.8) is 0 Å². The maximum atomic E-state index is 13.9. The fraction of sp³-hybridized carbons (Fsp3) is 0.394. The standard InChI is InChI=1S/C33H37BN4O5/c1-6-21-17-33(21,31(41)42)36-29(39)26-15-22(18-38(26)30(40)28(37-34)32(3,4)5)43-27-16-24(20-10-8-7-9-11-20)35-25-14-19(2)12-13-23(25)27/h6-14,16,21-22,26,28,37H,1,15,17-18H2,2-5H3,(H,36,39)(H,41,42)/t21?,22-,26+,28?,33-/m1/s1. The molecule has 5 rings (SSSR count). The van der Waals surface area contributed by atoms with Crippen LogP contribution in [-0.2, 0) is 14.4 Å². The molecule has 2 aliphatic rings. The normalized spacial score (nSPS) is 23.9. The minimum atomic E-state index is -1.42. The van der Waals surface area contributed by atoms with Crippen LogP contribution in [0, 0.1) is 18.3 Å². The van der Waals surface area contributed by atoms with E-state index < -0.39 is 41.0 Å². The van der Waals surface area contributed by atoms with Crippen molar-refractivity contribution in [2.45, 2.75) is 64.3 Å². The van der Waals surface area contributed by atoms with Crippen LogP contribution in [0.15, 0.2) is 67.3 Å². The number of carbonyl (C=O) groups excluding carboxylic acids is 2. The maximum absolute atomic E-state index is 13.9. The van der Waals surface area contributed by atoms with Gasteiger partial charge in [0.2, 0.25) is 11.8 Å². The molecule has 2 radical (unpaired) electrons. The Hall–Kier alpha value is -4.18. The van der Waals surface area contributed by atoms with Gasteiger partial charge in [0, 0.05) is 29.4 Å². The lowest BCUT2D eigenvalue weighted by atomic mass is 9.84. The molecule has 9 nitrogen and oxygen atoms in total. The fourth-order valence-electron chi connectivity index (χ4n) is 5.89. The number of aliphatic carboxylic acids is 1. The molecule has 0 bridgehead atoms. The van der Waals surface area contributed by atoms with E-state index in [-0.39, 0.29) is 31.2 Å². The first kappa shape index (κ1) is 30.3. The van der Waals surface area contributed by atoms with Gasteiger partial charge in [-0.1, -0.05) is 63.2 Å². The smallest absolute Gasteiger partial charge is 0.330 e. The first-order chi connectivity index (χ1) is 20.4. The monoisotopic (exact) mass is 580 g/mol. The van der Waals surface area contributed by atoms with E-state index in [4.69, 9.17) is 17.7 Å². The molecule has 2 aromatic carbocycles. The van der Waals surface area contributed by atoms with Gasteiger partial charge in [-0.05, 0) is 36.5 Å². The number of hydrogen-bond acceptors (Lipinski definition) is 6. The summed E-state index contributed by atoms with van der Waals surface area (Å²) in [7, 11) is 5.82. The molecule has 2 amide bonds. The van der Waals surface area contributed by atoms with Crippen molar-refractivity contribution in [1.82, 2.24) is 20.4 Å². The zero-order valence-electron chi connectivity index (χ0n) is 25.0. The van der Waals surface area contributed by atoms with Crippen LogP contribution >= 0.6 is 0 Å². The van der Waals surface area contributed by atoms with Crippen molar-refractivity contribution < 1.29 is 24.2 Å². The van der Waals surface area contributed by atoms with Gasteiger partial charge in [0.25, 0.3) is 0 Å². The van der Waals surface area contributed by atoms with Gasteiger partial charge >= 0.3 is 5.97 Å². The largest absolute Gasteiger partial charge is 0.488 e. The van der Waals surface area contributed by atoms with Gasteiger partial charge in [0.05, 0.1) is 23.8 Å². The van der Waals surface area contributed by atoms with E-state index in [9.17, 15) is 19.5 Å². The second kappa shape index (κ2) is 11.5. The number of aryl methyl sites for hydroxylation is 1. The van der Waals surface area contributed by atoms with Crippen molar-refractivity contribution >= 4 is 36.7 Å². The molecule has 0 spiro atoms. The first-order valence-corrected chi connectivity index (χ1v) is 14.5. The van der Waals surface area contributed by atoms with Crippen molar-refractivity contribution in [1.29, 1.82) is 0 Å². The summed E-state index contributed by atoms with van der Waals surface area (Å²) in [6.07, 6.45) is 1.40. The SMILES string of the molecule is [B]NC(C(=O)N1C[C@H](Oc2cc(-c3ccccc3)nc3cc(C)ccc23)C[C@H]1C(=O)N[C@]1(C(=O)O)CC1C=C)C(C)(C)C. The second-order valence-electron chi connectivity index (χ2n) is 12.7. The molecule has 43 heavy (non-hydrogen) atoms. The van der Waals surface area contributed by atoms with Crippen LogP contribution in [0.4, 0.5) is 0 Å². The van der Waals surface area contributed by atoms with Gasteiger partial charge in [-0.25, -0.2) is 9.78 Å². The number of likely N-dealkylation sites (tertiary alicyclic amines) is 1. The van der Waals surface area contributed by atoms with Crippen LogP contribution < -0.4 is 15.3 Å². The summed E-state index contributed by atoms with van der Waals surface area (Å²) in [6.45, 7) is 11.5. The van der Waals surface area contributed by atoms with E-state index in [1.54, 1.807) is 0 Å². The van der Waals surface area contributed by atoms with Gasteiger partial charge in [-0.15, -0.1) is 6.58 Å². The number of hydrogen-bond donors (Lipinski definition) is 3. The highest BCUT2D eigenvalue weighted by Crippen LogP contribution is 2.45. The summed E-state index contributed by atoms with van der Waals surface area (Å²) in [5.41, 5.74) is 1.51. The number of nitrogens with zero attached hydrogens (tertiary/aromatic N) is 2. The van der Waals surface area contributed by atoms with Gasteiger partial charge in [-0.2, -0.15) is 0 Å². The van der Waals surface area contributed by atoms with Gasteiger partial charge in [0.15, 0.2) is 7.98 Å². The Morgan fingerprint density at radius 1 is 1.19 bits per heavy atom. The van der Waals surface area contributed by atoms with Gasteiger partial charge < -0.3 is 25.3 Å². The highest BCUT2D eigenvalue weighted by atomic mass is 16.5. The average molecular weight is 580 g/mol. The predicted molar refractivity (Wildman–Crippen MR) is 165 cm³/mol. The molecular weight excluding hydrogens is 543 g/mol. The number of aromatic nitrogens is 1. The van der Waals surface area contributed by atoms with E-state index >= 15 is 0 Å². The molecule has 2 unspecified atom stereocenters. The van der Waals surface area contributed by atoms with E-state index in [1.165, 1.54) is 11.0 Å². The lowest BCUT2D eigenvalue weighted by Gasteiger charge is -2.35. The number of rotatable bonds is 9. The lowest BCUT2D eigenvalue weighted by Crippen LogP contribution is -2.58. The van der Waals surface area contributed by atoms with E-state index in [0.29, 0.717) is 5.75 Å². The minimum absolute atomic E-state index is 0.118. The summed E-state index contributed by atoms with van der Waals surface area (Å²) in [5, 5.41) is 16.0. The summed E-state index contributed by atoms with van der Waals surface area (Å²) in [5.74, 6) is -1.83. The third-order valence-corrected chi connectivity index (χ3v) is 8.45. The summed E-state index contributed by atoms with van der Waals surface area (Å²) < 4.78 is 6.59. The number of ether oxygens (including phenoxy) is 1. The van der Waals surface area contributed by atoms with Crippen molar-refractivity contribution in [2.75, 3.05) is 6.54 Å². The highest BCUT2D eigenvalue weighted by Gasteiger charge is 2.61. The molecule has 5 atom stereocenters. The second-order valence-corrected chi connectivity index (χ2v) is 12.7. The molecule has 1 aromatic heterocycles. The van der Waals surface area contributed by atoms with Crippen LogP contribution in [0.25, 0.3) is 22.2 Å². The predicted octanol–water partition coefficient (Wildman–Crippen LogP) is 3.79. The molecule has 222 valence electrons.